The van der Waals surface area contributed by atoms with Gasteiger partial charge in [-0.05, 0) is 27.7 Å². The number of ketones is 4. The molecule has 0 amide bonds. The number of carbonyl (C=O) groups excluding carboxylic acids is 4. The van der Waals surface area contributed by atoms with Gasteiger partial charge in [0.05, 0.1) is 12.8 Å². The Morgan fingerprint density at radius 2 is 0.706 bits per heavy atom. The van der Waals surface area contributed by atoms with Crippen molar-refractivity contribution in [2.24, 2.45) is 0 Å². The summed E-state index contributed by atoms with van der Waals surface area (Å²) in [4.78, 5) is 40.1. The van der Waals surface area contributed by atoms with Crippen molar-refractivity contribution in [1.82, 2.24) is 0 Å². The zero-order chi connectivity index (χ0) is 11.7. The topological polar surface area (TPSA) is 131 Å². The molecule has 4 N–H and O–H groups in total. The van der Waals surface area contributed by atoms with Crippen LogP contribution in [-0.2, 0) is 36.2 Å². The number of hydrogen-bond acceptors (Lipinski definition) is 4. The van der Waals surface area contributed by atoms with E-state index in [0.29, 0.717) is 0 Å². The smallest absolute Gasteiger partial charge is 0.137 e. The summed E-state index contributed by atoms with van der Waals surface area (Å²) in [5.41, 5.74) is 0. The van der Waals surface area contributed by atoms with E-state index in [1.807, 2.05) is 0 Å². The second-order valence-corrected chi connectivity index (χ2v) is 3.16. The van der Waals surface area contributed by atoms with Crippen LogP contribution in [0.15, 0.2) is 0 Å². The summed E-state index contributed by atoms with van der Waals surface area (Å²) >= 11 is 0. The maximum absolute atomic E-state index is 10.0. The van der Waals surface area contributed by atoms with Crippen LogP contribution in [0.3, 0.4) is 0 Å². The second kappa shape index (κ2) is 17.5. The minimum Gasteiger partial charge on any atom is -0.412 e. The maximum atomic E-state index is 10.0. The van der Waals surface area contributed by atoms with Crippen molar-refractivity contribution < 1.29 is 47.2 Å². The number of rotatable bonds is 4. The van der Waals surface area contributed by atoms with E-state index in [-0.39, 0.29) is 64.0 Å². The summed E-state index contributed by atoms with van der Waals surface area (Å²) in [6.45, 7) is 5.62. The van der Waals surface area contributed by atoms with Gasteiger partial charge in [-0.2, -0.15) is 0 Å². The van der Waals surface area contributed by atoms with E-state index in [1.165, 1.54) is 27.7 Å². The molecule has 0 atom stereocenters. The molecular formula is C10H20FeO6. The Labute approximate surface area is 111 Å². The van der Waals surface area contributed by atoms with Crippen LogP contribution in [0.25, 0.3) is 0 Å². The minimum absolute atomic E-state index is 0. The van der Waals surface area contributed by atoms with Crippen LogP contribution in [0.1, 0.15) is 40.5 Å². The molecule has 0 fully saturated rings. The van der Waals surface area contributed by atoms with Gasteiger partial charge in [-0.3, -0.25) is 19.2 Å². The molecule has 7 heteroatoms. The number of carbonyl (C=O) groups is 4. The summed E-state index contributed by atoms with van der Waals surface area (Å²) in [6.07, 6.45) is 0.167. The standard InChI is InChI=1S/2C5H8O2.Fe.2H2O/c2*1-4(6)3-5(2)7;;;/h2*3H2,1-2H3;;2*1H2. The third kappa shape index (κ3) is 51.3. The molecule has 0 spiro atoms. The Bertz CT molecular complexity index is 199. The number of Topliss-reactive ketones (excluding diaryl/α,β-unsaturated/α-hetero) is 4. The summed E-state index contributed by atoms with van der Waals surface area (Å²) in [5.74, 6) is -0.250. The zero-order valence-electron chi connectivity index (χ0n) is 10.4. The third-order valence-corrected chi connectivity index (χ3v) is 0.996. The molecule has 0 aliphatic rings. The fourth-order valence-corrected chi connectivity index (χ4v) is 0.701. The maximum Gasteiger partial charge on any atom is 0.137 e. The minimum atomic E-state index is -0.0625. The van der Waals surface area contributed by atoms with Gasteiger partial charge in [-0.15, -0.1) is 0 Å². The monoisotopic (exact) mass is 292 g/mol. The molecule has 0 radical (unpaired) electrons. The normalized spacial score (nSPS) is 6.82. The zero-order valence-corrected chi connectivity index (χ0v) is 11.5. The molecule has 0 bridgehead atoms. The van der Waals surface area contributed by atoms with Crippen LogP contribution in [0.4, 0.5) is 0 Å². The van der Waals surface area contributed by atoms with Crippen molar-refractivity contribution in [1.29, 1.82) is 0 Å². The van der Waals surface area contributed by atoms with Crippen molar-refractivity contribution in [2.75, 3.05) is 0 Å². The molecule has 0 saturated heterocycles. The Kier molecular flexibility index (Phi) is 30.7. The molecular weight excluding hydrogens is 272 g/mol. The molecule has 0 aromatic rings. The largest absolute Gasteiger partial charge is 0.412 e. The van der Waals surface area contributed by atoms with E-state index < -0.39 is 0 Å². The van der Waals surface area contributed by atoms with Gasteiger partial charge in [0.1, 0.15) is 23.1 Å². The predicted molar refractivity (Wildman–Crippen MR) is 59.2 cm³/mol. The summed E-state index contributed by atoms with van der Waals surface area (Å²) in [6, 6.07) is 0. The SMILES string of the molecule is CC(=O)CC(C)=O.CC(=O)CC(C)=O.O.O.[Fe]. The first kappa shape index (κ1) is 29.8. The first-order chi connectivity index (χ1) is 6.25. The van der Waals surface area contributed by atoms with E-state index in [4.69, 9.17) is 0 Å². The molecule has 0 aromatic carbocycles. The van der Waals surface area contributed by atoms with Gasteiger partial charge in [-0.25, -0.2) is 0 Å². The van der Waals surface area contributed by atoms with Crippen LogP contribution < -0.4 is 0 Å². The fourth-order valence-electron chi connectivity index (χ4n) is 0.701. The Hall–Kier alpha value is -0.881. The van der Waals surface area contributed by atoms with E-state index >= 15 is 0 Å². The van der Waals surface area contributed by atoms with Crippen LogP contribution >= 0.6 is 0 Å². The third-order valence-electron chi connectivity index (χ3n) is 0.996. The number of hydrogen-bond donors (Lipinski definition) is 0. The van der Waals surface area contributed by atoms with Gasteiger partial charge in [0.15, 0.2) is 0 Å². The fraction of sp³-hybridized carbons (Fsp3) is 0.600. The van der Waals surface area contributed by atoms with E-state index in [0.717, 1.165) is 0 Å². The molecule has 0 heterocycles. The van der Waals surface area contributed by atoms with Gasteiger partial charge in [-0.1, -0.05) is 0 Å². The van der Waals surface area contributed by atoms with E-state index in [1.54, 1.807) is 0 Å². The molecule has 104 valence electrons. The summed E-state index contributed by atoms with van der Waals surface area (Å²) in [7, 11) is 0. The first-order valence-electron chi connectivity index (χ1n) is 4.23. The molecule has 0 aliphatic carbocycles. The van der Waals surface area contributed by atoms with Gasteiger partial charge < -0.3 is 11.0 Å². The van der Waals surface area contributed by atoms with Gasteiger partial charge in [0, 0.05) is 17.1 Å². The molecule has 6 nitrogen and oxygen atoms in total. The van der Waals surface area contributed by atoms with Gasteiger partial charge in [0.2, 0.25) is 0 Å². The van der Waals surface area contributed by atoms with Crippen LogP contribution in [0.5, 0.6) is 0 Å². The van der Waals surface area contributed by atoms with Crippen LogP contribution in [0.2, 0.25) is 0 Å². The van der Waals surface area contributed by atoms with Crippen molar-refractivity contribution in [3.8, 4) is 0 Å². The molecule has 0 aromatic heterocycles. The molecule has 0 saturated carbocycles. The quantitative estimate of drug-likeness (QED) is 0.508. The Balaban J connectivity index is -0.0000000480. The molecule has 0 unspecified atom stereocenters. The molecule has 17 heavy (non-hydrogen) atoms. The predicted octanol–water partition coefficient (Wildman–Crippen LogP) is -0.543. The summed E-state index contributed by atoms with van der Waals surface area (Å²) in [5, 5.41) is 0. The van der Waals surface area contributed by atoms with E-state index in [9.17, 15) is 19.2 Å². The van der Waals surface area contributed by atoms with Crippen molar-refractivity contribution in [3.63, 3.8) is 0 Å². The van der Waals surface area contributed by atoms with Gasteiger partial charge in [0.25, 0.3) is 0 Å². The van der Waals surface area contributed by atoms with Crippen LogP contribution in [0, 0.1) is 0 Å². The average molecular weight is 292 g/mol. The van der Waals surface area contributed by atoms with E-state index in [2.05, 4.69) is 0 Å². The van der Waals surface area contributed by atoms with Gasteiger partial charge >= 0.3 is 0 Å². The van der Waals surface area contributed by atoms with Crippen molar-refractivity contribution in [2.45, 2.75) is 40.5 Å². The van der Waals surface area contributed by atoms with Crippen LogP contribution in [-0.4, -0.2) is 34.1 Å². The second-order valence-electron chi connectivity index (χ2n) is 3.16. The summed E-state index contributed by atoms with van der Waals surface area (Å²) < 4.78 is 0. The van der Waals surface area contributed by atoms with Crippen molar-refractivity contribution in [3.05, 3.63) is 0 Å². The molecule has 0 aliphatic heterocycles. The Morgan fingerprint density at radius 1 is 0.588 bits per heavy atom. The first-order valence-corrected chi connectivity index (χ1v) is 4.23. The van der Waals surface area contributed by atoms with Crippen molar-refractivity contribution >= 4 is 23.1 Å². The average Bonchev–Trinajstić information content (AvgIpc) is 1.79. The Morgan fingerprint density at radius 3 is 0.706 bits per heavy atom. The molecule has 0 rings (SSSR count).